The highest BCUT2D eigenvalue weighted by molar-refractivity contribution is 5.98. The molecule has 4 heteroatoms. The maximum absolute atomic E-state index is 13.0. The van der Waals surface area contributed by atoms with Crippen LogP contribution in [0.3, 0.4) is 0 Å². The molecule has 0 aliphatic carbocycles. The van der Waals surface area contributed by atoms with E-state index in [0.29, 0.717) is 18.0 Å². The molecule has 0 unspecified atom stereocenters. The second kappa shape index (κ2) is 8.72. The lowest BCUT2D eigenvalue weighted by atomic mass is 10.1. The molecular weight excluding hydrogens is 324 g/mol. The lowest BCUT2D eigenvalue weighted by molar-refractivity contribution is -0.117. The molecule has 0 aliphatic rings. The van der Waals surface area contributed by atoms with E-state index < -0.39 is 6.04 Å². The van der Waals surface area contributed by atoms with Crippen LogP contribution in [0.25, 0.3) is 0 Å². The number of para-hydroxylation sites is 3. The number of amides is 1. The summed E-state index contributed by atoms with van der Waals surface area (Å²) >= 11 is 0. The van der Waals surface area contributed by atoms with Crippen molar-refractivity contribution in [3.05, 3.63) is 90.5 Å². The molecule has 0 aliphatic heterocycles. The Morgan fingerprint density at radius 1 is 0.885 bits per heavy atom. The van der Waals surface area contributed by atoms with Crippen molar-refractivity contribution in [2.24, 2.45) is 0 Å². The van der Waals surface area contributed by atoms with E-state index in [1.807, 2.05) is 91.9 Å². The van der Waals surface area contributed by atoms with Gasteiger partial charge in [0.1, 0.15) is 11.8 Å². The van der Waals surface area contributed by atoms with Crippen LogP contribution in [-0.2, 0) is 4.79 Å². The van der Waals surface area contributed by atoms with Gasteiger partial charge in [0.25, 0.3) is 5.91 Å². The zero-order chi connectivity index (χ0) is 18.2. The Bertz CT molecular complexity index is 835. The Balaban J connectivity index is 1.86. The van der Waals surface area contributed by atoms with Crippen molar-refractivity contribution in [2.75, 3.05) is 17.2 Å². The van der Waals surface area contributed by atoms with E-state index in [0.717, 1.165) is 11.3 Å². The van der Waals surface area contributed by atoms with Gasteiger partial charge < -0.3 is 15.4 Å². The summed E-state index contributed by atoms with van der Waals surface area (Å²) in [5.74, 6) is 0.516. The molecule has 0 fully saturated rings. The SMILES string of the molecule is CCOc1ccccc1NC(=O)[C@@H](Nc1ccccc1)c1ccccc1. The molecule has 3 aromatic carbocycles. The summed E-state index contributed by atoms with van der Waals surface area (Å²) in [6.07, 6.45) is 0. The summed E-state index contributed by atoms with van der Waals surface area (Å²) in [4.78, 5) is 13.0. The third kappa shape index (κ3) is 4.42. The van der Waals surface area contributed by atoms with Gasteiger partial charge in [0.2, 0.25) is 0 Å². The summed E-state index contributed by atoms with van der Waals surface area (Å²) in [5, 5.41) is 6.30. The van der Waals surface area contributed by atoms with Crippen molar-refractivity contribution in [1.82, 2.24) is 0 Å². The average molecular weight is 346 g/mol. The minimum atomic E-state index is -0.520. The highest BCUT2D eigenvalue weighted by Crippen LogP contribution is 2.26. The molecule has 0 bridgehead atoms. The van der Waals surface area contributed by atoms with E-state index in [-0.39, 0.29) is 5.91 Å². The zero-order valence-electron chi connectivity index (χ0n) is 14.7. The number of nitrogens with one attached hydrogen (secondary N) is 2. The van der Waals surface area contributed by atoms with Gasteiger partial charge in [0, 0.05) is 5.69 Å². The van der Waals surface area contributed by atoms with Gasteiger partial charge >= 0.3 is 0 Å². The Morgan fingerprint density at radius 3 is 2.19 bits per heavy atom. The quantitative estimate of drug-likeness (QED) is 0.641. The second-order valence-corrected chi connectivity index (χ2v) is 5.77. The van der Waals surface area contributed by atoms with Gasteiger partial charge in [-0.3, -0.25) is 4.79 Å². The summed E-state index contributed by atoms with van der Waals surface area (Å²) in [6.45, 7) is 2.46. The molecule has 1 amide bonds. The Labute approximate surface area is 153 Å². The molecule has 3 aromatic rings. The van der Waals surface area contributed by atoms with Gasteiger partial charge in [-0.1, -0.05) is 60.7 Å². The summed E-state index contributed by atoms with van der Waals surface area (Å²) in [6, 6.07) is 26.3. The molecule has 0 heterocycles. The Morgan fingerprint density at radius 2 is 1.50 bits per heavy atom. The zero-order valence-corrected chi connectivity index (χ0v) is 14.7. The third-order valence-corrected chi connectivity index (χ3v) is 3.92. The highest BCUT2D eigenvalue weighted by atomic mass is 16.5. The predicted molar refractivity (Wildman–Crippen MR) is 105 cm³/mol. The topological polar surface area (TPSA) is 50.4 Å². The number of carbonyl (C=O) groups excluding carboxylic acids is 1. The number of anilines is 2. The average Bonchev–Trinajstić information content (AvgIpc) is 2.69. The van der Waals surface area contributed by atoms with Crippen LogP contribution in [0, 0.1) is 0 Å². The predicted octanol–water partition coefficient (Wildman–Crippen LogP) is 4.88. The van der Waals surface area contributed by atoms with Crippen molar-refractivity contribution >= 4 is 17.3 Å². The number of benzene rings is 3. The first kappa shape index (κ1) is 17.5. The second-order valence-electron chi connectivity index (χ2n) is 5.77. The molecule has 0 aromatic heterocycles. The van der Waals surface area contributed by atoms with Crippen molar-refractivity contribution in [1.29, 1.82) is 0 Å². The van der Waals surface area contributed by atoms with Crippen LogP contribution in [0.2, 0.25) is 0 Å². The minimum Gasteiger partial charge on any atom is -0.492 e. The van der Waals surface area contributed by atoms with Gasteiger partial charge in [0.05, 0.1) is 12.3 Å². The van der Waals surface area contributed by atoms with Crippen molar-refractivity contribution in [3.8, 4) is 5.75 Å². The number of rotatable bonds is 7. The van der Waals surface area contributed by atoms with Crippen LogP contribution in [-0.4, -0.2) is 12.5 Å². The summed E-state index contributed by atoms with van der Waals surface area (Å²) in [7, 11) is 0. The number of ether oxygens (including phenoxy) is 1. The maximum Gasteiger partial charge on any atom is 0.251 e. The number of hydrogen-bond acceptors (Lipinski definition) is 3. The van der Waals surface area contributed by atoms with Gasteiger partial charge in [-0.15, -0.1) is 0 Å². The first-order valence-corrected chi connectivity index (χ1v) is 8.67. The van der Waals surface area contributed by atoms with Crippen LogP contribution < -0.4 is 15.4 Å². The van der Waals surface area contributed by atoms with E-state index in [9.17, 15) is 4.79 Å². The monoisotopic (exact) mass is 346 g/mol. The molecule has 2 N–H and O–H groups in total. The molecule has 0 radical (unpaired) electrons. The van der Waals surface area contributed by atoms with Crippen LogP contribution in [0.15, 0.2) is 84.9 Å². The molecule has 26 heavy (non-hydrogen) atoms. The molecule has 4 nitrogen and oxygen atoms in total. The standard InChI is InChI=1S/C22H22N2O2/c1-2-26-20-16-10-9-15-19(20)24-22(25)21(17-11-5-3-6-12-17)23-18-13-7-4-8-14-18/h3-16,21,23H,2H2,1H3,(H,24,25)/t21-/m0/s1. The van der Waals surface area contributed by atoms with Gasteiger partial charge in [0.15, 0.2) is 0 Å². The lowest BCUT2D eigenvalue weighted by Gasteiger charge is -2.21. The molecule has 132 valence electrons. The van der Waals surface area contributed by atoms with E-state index in [4.69, 9.17) is 4.74 Å². The highest BCUT2D eigenvalue weighted by Gasteiger charge is 2.21. The van der Waals surface area contributed by atoms with Gasteiger partial charge in [-0.05, 0) is 36.8 Å². The smallest absolute Gasteiger partial charge is 0.251 e. The van der Waals surface area contributed by atoms with Crippen LogP contribution >= 0.6 is 0 Å². The summed E-state index contributed by atoms with van der Waals surface area (Å²) < 4.78 is 5.61. The normalized spacial score (nSPS) is 11.4. The van der Waals surface area contributed by atoms with E-state index in [2.05, 4.69) is 10.6 Å². The molecular formula is C22H22N2O2. The summed E-state index contributed by atoms with van der Waals surface area (Å²) in [5.41, 5.74) is 2.44. The molecule has 0 saturated heterocycles. The first-order chi connectivity index (χ1) is 12.8. The van der Waals surface area contributed by atoms with Crippen LogP contribution in [0.4, 0.5) is 11.4 Å². The molecule has 1 atom stereocenters. The van der Waals surface area contributed by atoms with Crippen LogP contribution in [0.1, 0.15) is 18.5 Å². The fourth-order valence-corrected chi connectivity index (χ4v) is 2.70. The van der Waals surface area contributed by atoms with E-state index in [1.165, 1.54) is 0 Å². The Hall–Kier alpha value is -3.27. The maximum atomic E-state index is 13.0. The number of carbonyl (C=O) groups is 1. The lowest BCUT2D eigenvalue weighted by Crippen LogP contribution is -2.27. The largest absolute Gasteiger partial charge is 0.492 e. The van der Waals surface area contributed by atoms with E-state index >= 15 is 0 Å². The van der Waals surface area contributed by atoms with E-state index in [1.54, 1.807) is 0 Å². The fourth-order valence-electron chi connectivity index (χ4n) is 2.70. The molecule has 0 saturated carbocycles. The van der Waals surface area contributed by atoms with Crippen molar-refractivity contribution in [3.63, 3.8) is 0 Å². The first-order valence-electron chi connectivity index (χ1n) is 8.67. The van der Waals surface area contributed by atoms with Gasteiger partial charge in [-0.2, -0.15) is 0 Å². The molecule has 3 rings (SSSR count). The van der Waals surface area contributed by atoms with Gasteiger partial charge in [-0.25, -0.2) is 0 Å². The Kier molecular flexibility index (Phi) is 5.88. The number of hydrogen-bond donors (Lipinski definition) is 2. The van der Waals surface area contributed by atoms with Crippen molar-refractivity contribution in [2.45, 2.75) is 13.0 Å². The molecule has 0 spiro atoms. The van der Waals surface area contributed by atoms with Crippen LogP contribution in [0.5, 0.6) is 5.75 Å². The van der Waals surface area contributed by atoms with Crippen molar-refractivity contribution < 1.29 is 9.53 Å². The fraction of sp³-hybridized carbons (Fsp3) is 0.136. The third-order valence-electron chi connectivity index (χ3n) is 3.92. The minimum absolute atomic E-state index is 0.146.